The van der Waals surface area contributed by atoms with Gasteiger partial charge in [-0.05, 0) is 42.3 Å². The van der Waals surface area contributed by atoms with Crippen LogP contribution < -0.4 is 5.32 Å². The molecule has 6 nitrogen and oxygen atoms in total. The maximum atomic E-state index is 13.5. The van der Waals surface area contributed by atoms with Crippen LogP contribution in [-0.4, -0.2) is 21.7 Å². The van der Waals surface area contributed by atoms with Crippen molar-refractivity contribution in [3.8, 4) is 11.5 Å². The molecule has 4 aromatic rings. The van der Waals surface area contributed by atoms with Crippen LogP contribution in [0, 0.1) is 0 Å². The van der Waals surface area contributed by atoms with E-state index >= 15 is 0 Å². The van der Waals surface area contributed by atoms with Gasteiger partial charge in [-0.1, -0.05) is 60.7 Å². The Balaban J connectivity index is 1.58. The minimum Gasteiger partial charge on any atom is -0.444 e. The van der Waals surface area contributed by atoms with Gasteiger partial charge in [-0.25, -0.2) is 4.98 Å². The Labute approximate surface area is 199 Å². The number of carbonyl (C=O) groups excluding carboxylic acids is 2. The molecule has 1 heterocycles. The third-order valence-corrected chi connectivity index (χ3v) is 5.58. The summed E-state index contributed by atoms with van der Waals surface area (Å²) in [5.41, 5.74) is 4.12. The highest BCUT2D eigenvalue weighted by molar-refractivity contribution is 5.88. The summed E-state index contributed by atoms with van der Waals surface area (Å²) in [5, 5.41) is 2.81. The van der Waals surface area contributed by atoms with Crippen LogP contribution in [0.3, 0.4) is 0 Å². The molecule has 0 saturated heterocycles. The molecule has 1 unspecified atom stereocenters. The maximum Gasteiger partial charge on any atom is 0.229 e. The first kappa shape index (κ1) is 23.0. The lowest BCUT2D eigenvalue weighted by molar-refractivity contribution is -0.133. The van der Waals surface area contributed by atoms with E-state index in [0.717, 1.165) is 16.7 Å². The molecule has 2 amide bonds. The number of nitrogens with zero attached hydrogens (tertiary/aromatic N) is 2. The minimum atomic E-state index is -0.220. The third kappa shape index (κ3) is 5.78. The van der Waals surface area contributed by atoms with Gasteiger partial charge in [0.05, 0.1) is 18.2 Å². The molecule has 34 heavy (non-hydrogen) atoms. The van der Waals surface area contributed by atoms with Gasteiger partial charge in [0.1, 0.15) is 6.26 Å². The van der Waals surface area contributed by atoms with E-state index in [1.807, 2.05) is 96.8 Å². The largest absolute Gasteiger partial charge is 0.444 e. The van der Waals surface area contributed by atoms with Gasteiger partial charge >= 0.3 is 0 Å². The quantitative estimate of drug-likeness (QED) is 0.375. The number of hydrogen-bond donors (Lipinski definition) is 1. The molecule has 3 aromatic carbocycles. The van der Waals surface area contributed by atoms with Crippen LogP contribution in [0.25, 0.3) is 11.5 Å². The standard InChI is InChI=1S/C28H27N3O3/c1-20(24-14-9-15-25(16-24)29-21(2)32)31(18-22-10-5-3-6-11-22)27(33)17-26-19-34-28(30-26)23-12-7-4-8-13-23/h3-16,19-20H,17-18H2,1-2H3,(H,29,32). The van der Waals surface area contributed by atoms with E-state index in [2.05, 4.69) is 10.3 Å². The molecule has 0 aliphatic carbocycles. The molecule has 6 heteroatoms. The van der Waals surface area contributed by atoms with Crippen LogP contribution in [0.4, 0.5) is 5.69 Å². The number of hydrogen-bond acceptors (Lipinski definition) is 4. The van der Waals surface area contributed by atoms with Crippen LogP contribution in [0.2, 0.25) is 0 Å². The second-order valence-corrected chi connectivity index (χ2v) is 8.18. The summed E-state index contributed by atoms with van der Waals surface area (Å²) < 4.78 is 5.63. The highest BCUT2D eigenvalue weighted by Gasteiger charge is 2.23. The van der Waals surface area contributed by atoms with Crippen molar-refractivity contribution in [3.63, 3.8) is 0 Å². The molecular weight excluding hydrogens is 426 g/mol. The molecule has 172 valence electrons. The normalized spacial score (nSPS) is 11.6. The van der Waals surface area contributed by atoms with Crippen LogP contribution in [0.5, 0.6) is 0 Å². The van der Waals surface area contributed by atoms with Gasteiger partial charge in [0.2, 0.25) is 17.7 Å². The summed E-state index contributed by atoms with van der Waals surface area (Å²) in [7, 11) is 0. The van der Waals surface area contributed by atoms with Crippen LogP contribution >= 0.6 is 0 Å². The summed E-state index contributed by atoms with van der Waals surface area (Å²) in [6.45, 7) is 3.92. The van der Waals surface area contributed by atoms with E-state index in [9.17, 15) is 9.59 Å². The predicted molar refractivity (Wildman–Crippen MR) is 132 cm³/mol. The lowest BCUT2D eigenvalue weighted by atomic mass is 10.0. The first-order valence-corrected chi connectivity index (χ1v) is 11.2. The fourth-order valence-electron chi connectivity index (χ4n) is 3.84. The highest BCUT2D eigenvalue weighted by Crippen LogP contribution is 2.26. The minimum absolute atomic E-state index is 0.0609. The Hall–Kier alpha value is -4.19. The van der Waals surface area contributed by atoms with E-state index in [-0.39, 0.29) is 24.3 Å². The molecule has 0 saturated carbocycles. The summed E-state index contributed by atoms with van der Waals surface area (Å²) in [6.07, 6.45) is 1.67. The fraction of sp³-hybridized carbons (Fsp3) is 0.179. The zero-order chi connectivity index (χ0) is 23.9. The van der Waals surface area contributed by atoms with Gasteiger partial charge in [0.25, 0.3) is 0 Å². The van der Waals surface area contributed by atoms with E-state index in [1.165, 1.54) is 6.92 Å². The number of anilines is 1. The average molecular weight is 454 g/mol. The van der Waals surface area contributed by atoms with E-state index in [4.69, 9.17) is 4.42 Å². The summed E-state index contributed by atoms with van der Waals surface area (Å²) in [5.74, 6) is 0.297. The SMILES string of the molecule is CC(=O)Nc1cccc(C(C)N(Cc2ccccc2)C(=O)Cc2coc(-c3ccccc3)n2)c1. The zero-order valence-corrected chi connectivity index (χ0v) is 19.3. The molecule has 1 aromatic heterocycles. The summed E-state index contributed by atoms with van der Waals surface area (Å²) >= 11 is 0. The van der Waals surface area contributed by atoms with Gasteiger partial charge < -0.3 is 14.6 Å². The Bertz CT molecular complexity index is 1250. The molecular formula is C28H27N3O3. The fourth-order valence-corrected chi connectivity index (χ4v) is 3.84. The third-order valence-electron chi connectivity index (χ3n) is 5.58. The van der Waals surface area contributed by atoms with Crippen molar-refractivity contribution in [2.45, 2.75) is 32.9 Å². The van der Waals surface area contributed by atoms with Crippen molar-refractivity contribution < 1.29 is 14.0 Å². The smallest absolute Gasteiger partial charge is 0.229 e. The molecule has 0 aliphatic heterocycles. The van der Waals surface area contributed by atoms with E-state index in [1.54, 1.807) is 6.26 Å². The molecule has 0 bridgehead atoms. The number of rotatable bonds is 8. The van der Waals surface area contributed by atoms with Gasteiger partial charge in [-0.15, -0.1) is 0 Å². The summed E-state index contributed by atoms with van der Waals surface area (Å²) in [6, 6.07) is 26.9. The first-order chi connectivity index (χ1) is 16.5. The van der Waals surface area contributed by atoms with Crippen LogP contribution in [0.15, 0.2) is 95.6 Å². The van der Waals surface area contributed by atoms with Gasteiger partial charge in [-0.2, -0.15) is 0 Å². The lowest BCUT2D eigenvalue weighted by Crippen LogP contribution is -2.34. The van der Waals surface area contributed by atoms with Crippen molar-refractivity contribution in [1.82, 2.24) is 9.88 Å². The summed E-state index contributed by atoms with van der Waals surface area (Å²) in [4.78, 5) is 31.4. The number of benzene rings is 3. The molecule has 1 N–H and O–H groups in total. The van der Waals surface area contributed by atoms with E-state index < -0.39 is 0 Å². The van der Waals surface area contributed by atoms with Crippen LogP contribution in [0.1, 0.15) is 36.7 Å². The Morgan fingerprint density at radius 3 is 2.38 bits per heavy atom. The van der Waals surface area contributed by atoms with Gasteiger partial charge in [0, 0.05) is 24.7 Å². The second kappa shape index (κ2) is 10.6. The lowest BCUT2D eigenvalue weighted by Gasteiger charge is -2.30. The van der Waals surface area contributed by atoms with Crippen molar-refractivity contribution in [2.75, 3.05) is 5.32 Å². The first-order valence-electron chi connectivity index (χ1n) is 11.2. The average Bonchev–Trinajstić information content (AvgIpc) is 3.31. The molecule has 0 spiro atoms. The van der Waals surface area contributed by atoms with Crippen LogP contribution in [-0.2, 0) is 22.6 Å². The highest BCUT2D eigenvalue weighted by atomic mass is 16.3. The predicted octanol–water partition coefficient (Wildman–Crippen LogP) is 5.63. The van der Waals surface area contributed by atoms with Gasteiger partial charge in [-0.3, -0.25) is 9.59 Å². The van der Waals surface area contributed by atoms with Crippen molar-refractivity contribution >= 4 is 17.5 Å². The molecule has 4 rings (SSSR count). The maximum absolute atomic E-state index is 13.5. The molecule has 0 fully saturated rings. The second-order valence-electron chi connectivity index (χ2n) is 8.18. The topological polar surface area (TPSA) is 75.4 Å². The number of nitrogens with one attached hydrogen (secondary N) is 1. The molecule has 0 aliphatic rings. The number of amides is 2. The number of carbonyl (C=O) groups is 2. The van der Waals surface area contributed by atoms with Crippen molar-refractivity contribution in [1.29, 1.82) is 0 Å². The van der Waals surface area contributed by atoms with Crippen molar-refractivity contribution in [2.24, 2.45) is 0 Å². The molecule has 0 radical (unpaired) electrons. The Kier molecular flexibility index (Phi) is 7.18. The number of aromatic nitrogens is 1. The van der Waals surface area contributed by atoms with Crippen molar-refractivity contribution in [3.05, 3.63) is 108 Å². The molecule has 1 atom stereocenters. The van der Waals surface area contributed by atoms with Gasteiger partial charge in [0.15, 0.2) is 0 Å². The number of oxazole rings is 1. The monoisotopic (exact) mass is 453 g/mol. The Morgan fingerprint density at radius 1 is 0.971 bits per heavy atom. The van der Waals surface area contributed by atoms with E-state index in [0.29, 0.717) is 23.8 Å². The zero-order valence-electron chi connectivity index (χ0n) is 19.3. The Morgan fingerprint density at radius 2 is 1.68 bits per heavy atom.